The van der Waals surface area contributed by atoms with Crippen LogP contribution in [0.4, 0.5) is 5.69 Å². The van der Waals surface area contributed by atoms with E-state index in [2.05, 4.69) is 26.3 Å². The highest BCUT2D eigenvalue weighted by atomic mass is 79.9. The van der Waals surface area contributed by atoms with Crippen molar-refractivity contribution in [2.45, 2.75) is 20.1 Å². The van der Waals surface area contributed by atoms with Gasteiger partial charge in [0.05, 0.1) is 22.2 Å². The highest BCUT2D eigenvalue weighted by Crippen LogP contribution is 2.29. The minimum Gasteiger partial charge on any atom is -0.484 e. The van der Waals surface area contributed by atoms with Crippen LogP contribution in [0.15, 0.2) is 75.9 Å². The summed E-state index contributed by atoms with van der Waals surface area (Å²) in [4.78, 5) is 12.6. The van der Waals surface area contributed by atoms with Gasteiger partial charge < -0.3 is 14.5 Å². The zero-order chi connectivity index (χ0) is 21.8. The molecule has 0 aliphatic heterocycles. The van der Waals surface area contributed by atoms with Gasteiger partial charge in [0.2, 0.25) is 0 Å². The van der Waals surface area contributed by atoms with Gasteiger partial charge in [0.25, 0.3) is 5.91 Å². The molecule has 0 fully saturated rings. The number of aryl methyl sites for hydroxylation is 1. The van der Waals surface area contributed by atoms with E-state index in [1.54, 1.807) is 24.4 Å². The number of para-hydroxylation sites is 1. The number of hydrogen-bond acceptors (Lipinski definition) is 4. The molecular formula is C23H19BrClN3O3. The van der Waals surface area contributed by atoms with Crippen molar-refractivity contribution in [2.24, 2.45) is 0 Å². The number of ether oxygens (including phenoxy) is 1. The molecule has 0 saturated carbocycles. The van der Waals surface area contributed by atoms with Gasteiger partial charge in [-0.15, -0.1) is 0 Å². The number of carbonyl (C=O) groups excluding carboxylic acids is 1. The molecule has 0 bridgehead atoms. The van der Waals surface area contributed by atoms with E-state index >= 15 is 0 Å². The second-order valence-corrected chi connectivity index (χ2v) is 8.27. The lowest BCUT2D eigenvalue weighted by Crippen LogP contribution is -2.11. The lowest BCUT2D eigenvalue weighted by Gasteiger charge is -2.09. The van der Waals surface area contributed by atoms with Crippen LogP contribution in [0.1, 0.15) is 27.4 Å². The standard InChI is InChI=1S/C23H19BrClN3O3/c1-15-4-2-7-20(25)22(15)30-14-19-8-9-21(31-19)23(29)27-18-6-3-5-16(10-18)12-28-13-17(24)11-26-28/h2-11,13H,12,14H2,1H3,(H,27,29). The van der Waals surface area contributed by atoms with Crippen LogP contribution in [0.25, 0.3) is 0 Å². The zero-order valence-electron chi connectivity index (χ0n) is 16.6. The predicted molar refractivity (Wildman–Crippen MR) is 123 cm³/mol. The van der Waals surface area contributed by atoms with Gasteiger partial charge in [-0.3, -0.25) is 9.48 Å². The fourth-order valence-electron chi connectivity index (χ4n) is 3.07. The van der Waals surface area contributed by atoms with Gasteiger partial charge in [0.1, 0.15) is 18.1 Å². The van der Waals surface area contributed by atoms with E-state index in [1.807, 2.05) is 54.2 Å². The van der Waals surface area contributed by atoms with Crippen molar-refractivity contribution in [2.75, 3.05) is 5.32 Å². The number of nitrogens with one attached hydrogen (secondary N) is 1. The second-order valence-electron chi connectivity index (χ2n) is 6.95. The average Bonchev–Trinajstić information content (AvgIpc) is 3.37. The van der Waals surface area contributed by atoms with Crippen LogP contribution >= 0.6 is 27.5 Å². The first kappa shape index (κ1) is 21.2. The number of halogens is 2. The van der Waals surface area contributed by atoms with Crippen molar-refractivity contribution in [1.82, 2.24) is 9.78 Å². The summed E-state index contributed by atoms with van der Waals surface area (Å²) >= 11 is 9.56. The number of carbonyl (C=O) groups is 1. The topological polar surface area (TPSA) is 69.3 Å². The Labute approximate surface area is 192 Å². The Morgan fingerprint density at radius 3 is 2.84 bits per heavy atom. The Hall–Kier alpha value is -3.03. The summed E-state index contributed by atoms with van der Waals surface area (Å²) in [7, 11) is 0. The third-order valence-electron chi connectivity index (χ3n) is 4.54. The van der Waals surface area contributed by atoms with Crippen molar-refractivity contribution in [3.05, 3.63) is 99.1 Å². The number of hydrogen-bond donors (Lipinski definition) is 1. The minimum absolute atomic E-state index is 0.173. The van der Waals surface area contributed by atoms with E-state index in [4.69, 9.17) is 20.8 Å². The molecule has 0 aliphatic rings. The summed E-state index contributed by atoms with van der Waals surface area (Å²) in [5.74, 6) is 1.00. The fourth-order valence-corrected chi connectivity index (χ4v) is 3.68. The minimum atomic E-state index is -0.334. The number of anilines is 1. The summed E-state index contributed by atoms with van der Waals surface area (Å²) in [6.07, 6.45) is 3.62. The maximum Gasteiger partial charge on any atom is 0.291 e. The fraction of sp³-hybridized carbons (Fsp3) is 0.130. The number of benzene rings is 2. The molecule has 0 atom stereocenters. The maximum atomic E-state index is 12.6. The highest BCUT2D eigenvalue weighted by molar-refractivity contribution is 9.10. The Bertz CT molecular complexity index is 1200. The molecule has 2 heterocycles. The Balaban J connectivity index is 1.38. The molecule has 0 aliphatic carbocycles. The van der Waals surface area contributed by atoms with E-state index in [-0.39, 0.29) is 18.3 Å². The molecule has 158 valence electrons. The normalized spacial score (nSPS) is 10.8. The van der Waals surface area contributed by atoms with Crippen LogP contribution in [-0.4, -0.2) is 15.7 Å². The summed E-state index contributed by atoms with van der Waals surface area (Å²) < 4.78 is 14.1. The van der Waals surface area contributed by atoms with Gasteiger partial charge >= 0.3 is 0 Å². The molecule has 4 rings (SSSR count). The molecule has 0 unspecified atom stereocenters. The third-order valence-corrected chi connectivity index (χ3v) is 5.25. The van der Waals surface area contributed by atoms with E-state index in [0.29, 0.717) is 28.8 Å². The van der Waals surface area contributed by atoms with E-state index < -0.39 is 0 Å². The molecule has 1 N–H and O–H groups in total. The van der Waals surface area contributed by atoms with Crippen LogP contribution in [0.2, 0.25) is 5.02 Å². The van der Waals surface area contributed by atoms with Gasteiger partial charge in [-0.05, 0) is 64.3 Å². The van der Waals surface area contributed by atoms with Crippen molar-refractivity contribution in [3.8, 4) is 5.75 Å². The predicted octanol–water partition coefficient (Wildman–Crippen LogP) is 6.08. The van der Waals surface area contributed by atoms with Crippen LogP contribution < -0.4 is 10.1 Å². The monoisotopic (exact) mass is 499 g/mol. The van der Waals surface area contributed by atoms with Crippen molar-refractivity contribution >= 4 is 39.1 Å². The molecule has 8 heteroatoms. The zero-order valence-corrected chi connectivity index (χ0v) is 19.0. The van der Waals surface area contributed by atoms with Gasteiger partial charge in [0, 0.05) is 11.9 Å². The first-order valence-corrected chi connectivity index (χ1v) is 10.7. The smallest absolute Gasteiger partial charge is 0.291 e. The first-order valence-electron chi connectivity index (χ1n) is 9.53. The average molecular weight is 501 g/mol. The quantitative estimate of drug-likeness (QED) is 0.334. The largest absolute Gasteiger partial charge is 0.484 e. The SMILES string of the molecule is Cc1cccc(Cl)c1OCc1ccc(C(=O)Nc2cccc(Cn3cc(Br)cn3)c2)o1. The molecule has 0 saturated heterocycles. The van der Waals surface area contributed by atoms with Crippen LogP contribution in [-0.2, 0) is 13.2 Å². The van der Waals surface area contributed by atoms with Gasteiger partial charge in [-0.1, -0.05) is 35.9 Å². The van der Waals surface area contributed by atoms with Crippen LogP contribution in [0, 0.1) is 6.92 Å². The summed E-state index contributed by atoms with van der Waals surface area (Å²) in [5.41, 5.74) is 2.62. The summed E-state index contributed by atoms with van der Waals surface area (Å²) in [6, 6.07) is 16.5. The third kappa shape index (κ3) is 5.37. The first-order chi connectivity index (χ1) is 15.0. The number of aromatic nitrogens is 2. The second kappa shape index (κ2) is 9.41. The number of furan rings is 1. The summed E-state index contributed by atoms with van der Waals surface area (Å²) in [6.45, 7) is 2.69. The molecule has 6 nitrogen and oxygen atoms in total. The van der Waals surface area contributed by atoms with Crippen LogP contribution in [0.3, 0.4) is 0 Å². The van der Waals surface area contributed by atoms with E-state index in [1.165, 1.54) is 0 Å². The lowest BCUT2D eigenvalue weighted by molar-refractivity contribution is 0.0992. The van der Waals surface area contributed by atoms with Crippen molar-refractivity contribution in [3.63, 3.8) is 0 Å². The van der Waals surface area contributed by atoms with Crippen molar-refractivity contribution in [1.29, 1.82) is 0 Å². The molecular weight excluding hydrogens is 482 g/mol. The molecule has 0 radical (unpaired) electrons. The Morgan fingerprint density at radius 2 is 2.06 bits per heavy atom. The van der Waals surface area contributed by atoms with Crippen LogP contribution in [0.5, 0.6) is 5.75 Å². The molecule has 4 aromatic rings. The van der Waals surface area contributed by atoms with Crippen molar-refractivity contribution < 1.29 is 13.9 Å². The molecule has 0 spiro atoms. The van der Waals surface area contributed by atoms with Gasteiger partial charge in [0.15, 0.2) is 5.76 Å². The molecule has 2 aromatic carbocycles. The summed E-state index contributed by atoms with van der Waals surface area (Å²) in [5, 5.41) is 7.65. The number of nitrogens with zero attached hydrogens (tertiary/aromatic N) is 2. The molecule has 1 amide bonds. The highest BCUT2D eigenvalue weighted by Gasteiger charge is 2.13. The number of rotatable bonds is 7. The number of amides is 1. The molecule has 2 aromatic heterocycles. The van der Waals surface area contributed by atoms with E-state index in [0.717, 1.165) is 15.6 Å². The lowest BCUT2D eigenvalue weighted by atomic mass is 10.2. The maximum absolute atomic E-state index is 12.6. The van der Waals surface area contributed by atoms with Gasteiger partial charge in [-0.25, -0.2) is 0 Å². The van der Waals surface area contributed by atoms with Gasteiger partial charge in [-0.2, -0.15) is 5.10 Å². The Morgan fingerprint density at radius 1 is 1.23 bits per heavy atom. The molecule has 31 heavy (non-hydrogen) atoms. The van der Waals surface area contributed by atoms with E-state index in [9.17, 15) is 4.79 Å². The Kier molecular flexibility index (Phi) is 6.44.